The molecule has 1 aromatic heterocycles. The molecule has 6 rings (SSSR count). The van der Waals surface area contributed by atoms with E-state index in [-0.39, 0.29) is 11.6 Å². The Kier molecular flexibility index (Phi) is 5.17. The molecule has 3 heterocycles. The first kappa shape index (κ1) is 22.8. The molecule has 36 heavy (non-hydrogen) atoms. The second-order valence-corrected chi connectivity index (χ2v) is 10.7. The maximum absolute atomic E-state index is 13.7. The highest BCUT2D eigenvalue weighted by Gasteiger charge is 2.69. The molecule has 0 spiro atoms. The molecule has 1 saturated heterocycles. The fourth-order valence-electron chi connectivity index (χ4n) is 5.25. The van der Waals surface area contributed by atoms with Crippen LogP contribution in [-0.2, 0) is 11.3 Å². The molecule has 2 amide bonds. The van der Waals surface area contributed by atoms with Crippen LogP contribution in [0.4, 0.5) is 4.79 Å². The SMILES string of the molecule is CN1C(=O)N(C)[C@@]2(c3ccccc3)Nn3c(s/c(=C/c4ccccc4Br)c3=O)=N[C@]12c1ccccc1. The molecule has 2 aliphatic heterocycles. The summed E-state index contributed by atoms with van der Waals surface area (Å²) in [6.07, 6.45) is 1.86. The van der Waals surface area contributed by atoms with Gasteiger partial charge in [-0.15, -0.1) is 0 Å². The Balaban J connectivity index is 1.72. The second kappa shape index (κ2) is 8.18. The van der Waals surface area contributed by atoms with Gasteiger partial charge in [-0.05, 0) is 17.7 Å². The van der Waals surface area contributed by atoms with E-state index >= 15 is 0 Å². The summed E-state index contributed by atoms with van der Waals surface area (Å²) in [6, 6.07) is 27.0. The largest absolute Gasteiger partial charge is 0.324 e. The summed E-state index contributed by atoms with van der Waals surface area (Å²) in [5.41, 5.74) is 3.47. The number of nitrogens with zero attached hydrogens (tertiary/aromatic N) is 4. The van der Waals surface area contributed by atoms with Gasteiger partial charge in [0.05, 0.1) is 4.53 Å². The van der Waals surface area contributed by atoms with Crippen molar-refractivity contribution in [2.24, 2.45) is 4.99 Å². The van der Waals surface area contributed by atoms with Gasteiger partial charge in [0.25, 0.3) is 5.56 Å². The standard InChI is InChI=1S/C27H22BrN5O2S/c1-31-25(35)32(2)27(20-14-7-4-8-15-20)26(31,19-12-5-3-6-13-19)29-24-33(30-27)23(34)22(36-24)17-18-11-9-10-16-21(18)28/h3-17,30H,1-2H3/b22-17+/t26-,27-/m1/s1. The fraction of sp³-hybridized carbons (Fsp3) is 0.148. The van der Waals surface area contributed by atoms with E-state index in [4.69, 9.17) is 4.99 Å². The molecule has 3 aromatic carbocycles. The smallest absolute Gasteiger partial charge is 0.295 e. The lowest BCUT2D eigenvalue weighted by molar-refractivity contribution is 0.0648. The van der Waals surface area contributed by atoms with Crippen molar-refractivity contribution in [2.45, 2.75) is 11.3 Å². The van der Waals surface area contributed by atoms with Gasteiger partial charge in [0.1, 0.15) is 0 Å². The molecule has 0 saturated carbocycles. The van der Waals surface area contributed by atoms with Crippen LogP contribution in [0.15, 0.2) is 99.2 Å². The van der Waals surface area contributed by atoms with Gasteiger partial charge in [-0.3, -0.25) is 20.0 Å². The molecule has 0 radical (unpaired) electrons. The third-order valence-corrected chi connectivity index (χ3v) is 8.66. The molecule has 7 nitrogen and oxygen atoms in total. The molecule has 0 unspecified atom stereocenters. The van der Waals surface area contributed by atoms with E-state index in [1.807, 2.05) is 91.0 Å². The zero-order valence-electron chi connectivity index (χ0n) is 19.6. The molecule has 2 aliphatic rings. The van der Waals surface area contributed by atoms with Crippen molar-refractivity contribution in [2.75, 3.05) is 19.5 Å². The van der Waals surface area contributed by atoms with E-state index in [1.54, 1.807) is 23.9 Å². The van der Waals surface area contributed by atoms with E-state index in [0.29, 0.717) is 9.33 Å². The second-order valence-electron chi connectivity index (χ2n) is 8.79. The summed E-state index contributed by atoms with van der Waals surface area (Å²) in [5.74, 6) is 0. The number of carbonyl (C=O) groups is 1. The number of nitrogens with one attached hydrogen (secondary N) is 1. The molecule has 0 aliphatic carbocycles. The van der Waals surface area contributed by atoms with Crippen molar-refractivity contribution in [1.29, 1.82) is 0 Å². The zero-order chi connectivity index (χ0) is 25.1. The normalized spacial score (nSPS) is 23.2. The first-order valence-electron chi connectivity index (χ1n) is 11.4. The number of amides is 2. The van der Waals surface area contributed by atoms with Gasteiger partial charge in [-0.25, -0.2) is 9.79 Å². The number of benzene rings is 3. The first-order chi connectivity index (χ1) is 17.4. The lowest BCUT2D eigenvalue weighted by Crippen LogP contribution is -2.67. The molecular formula is C27H22BrN5O2S. The average molecular weight is 560 g/mol. The number of hydrogen-bond acceptors (Lipinski definition) is 5. The summed E-state index contributed by atoms with van der Waals surface area (Å²) < 4.78 is 2.91. The number of fused-ring (bicyclic) bond motifs is 2. The van der Waals surface area contributed by atoms with Crippen LogP contribution in [0.25, 0.3) is 6.08 Å². The van der Waals surface area contributed by atoms with E-state index < -0.39 is 11.3 Å². The van der Waals surface area contributed by atoms with E-state index in [1.165, 1.54) is 16.0 Å². The van der Waals surface area contributed by atoms with Crippen molar-refractivity contribution in [3.63, 3.8) is 0 Å². The summed E-state index contributed by atoms with van der Waals surface area (Å²) >= 11 is 4.86. The topological polar surface area (TPSA) is 69.9 Å². The van der Waals surface area contributed by atoms with E-state index in [9.17, 15) is 9.59 Å². The third kappa shape index (κ3) is 2.93. The molecule has 9 heteroatoms. The van der Waals surface area contributed by atoms with Crippen molar-refractivity contribution in [1.82, 2.24) is 14.5 Å². The van der Waals surface area contributed by atoms with Crippen molar-refractivity contribution in [3.05, 3.63) is 126 Å². The minimum atomic E-state index is -1.18. The number of thiazole rings is 1. The Morgan fingerprint density at radius 1 is 0.861 bits per heavy atom. The van der Waals surface area contributed by atoms with Crippen LogP contribution in [0, 0.1) is 0 Å². The van der Waals surface area contributed by atoms with Crippen molar-refractivity contribution < 1.29 is 4.79 Å². The summed E-state index contributed by atoms with van der Waals surface area (Å²) in [4.78, 5) is 36.3. The fourth-order valence-corrected chi connectivity index (χ4v) is 6.61. The Bertz CT molecular complexity index is 1670. The minimum Gasteiger partial charge on any atom is -0.295 e. The third-order valence-electron chi connectivity index (χ3n) is 6.96. The number of likely N-dealkylation sites (N-methyl/N-ethyl adjacent to an activating group) is 2. The van der Waals surface area contributed by atoms with Crippen LogP contribution in [0.5, 0.6) is 0 Å². The summed E-state index contributed by atoms with van der Waals surface area (Å²) in [6.45, 7) is 0. The number of halogens is 1. The van der Waals surface area contributed by atoms with Gasteiger partial charge in [0, 0.05) is 29.7 Å². The highest BCUT2D eigenvalue weighted by molar-refractivity contribution is 9.10. The predicted molar refractivity (Wildman–Crippen MR) is 144 cm³/mol. The molecule has 1 fully saturated rings. The molecule has 4 aromatic rings. The Morgan fingerprint density at radius 3 is 2.14 bits per heavy atom. The van der Waals surface area contributed by atoms with Gasteiger partial charge in [-0.2, -0.15) is 4.68 Å². The van der Waals surface area contributed by atoms with Crippen LogP contribution in [0.2, 0.25) is 0 Å². The van der Waals surface area contributed by atoms with Crippen LogP contribution in [0.3, 0.4) is 0 Å². The number of rotatable bonds is 3. The summed E-state index contributed by atoms with van der Waals surface area (Å²) in [7, 11) is 3.51. The lowest BCUT2D eigenvalue weighted by Gasteiger charge is -2.49. The van der Waals surface area contributed by atoms with Gasteiger partial charge >= 0.3 is 6.03 Å². The van der Waals surface area contributed by atoms with Crippen LogP contribution < -0.4 is 20.3 Å². The minimum absolute atomic E-state index is 0.206. The molecule has 1 N–H and O–H groups in total. The monoisotopic (exact) mass is 559 g/mol. The summed E-state index contributed by atoms with van der Waals surface area (Å²) in [5, 5.41) is 0. The maximum Gasteiger partial charge on any atom is 0.324 e. The number of hydrogen-bond donors (Lipinski definition) is 1. The highest BCUT2D eigenvalue weighted by Crippen LogP contribution is 2.53. The van der Waals surface area contributed by atoms with E-state index in [2.05, 4.69) is 21.4 Å². The van der Waals surface area contributed by atoms with Gasteiger partial charge in [0.2, 0.25) is 16.1 Å². The van der Waals surface area contributed by atoms with Crippen LogP contribution >= 0.6 is 27.3 Å². The number of aromatic nitrogens is 1. The predicted octanol–water partition coefficient (Wildman–Crippen LogP) is 3.38. The quantitative estimate of drug-likeness (QED) is 0.418. The average Bonchev–Trinajstić information content (AvgIpc) is 3.30. The molecule has 0 bridgehead atoms. The zero-order valence-corrected chi connectivity index (χ0v) is 22.0. The van der Waals surface area contributed by atoms with Crippen LogP contribution in [-0.4, -0.2) is 34.6 Å². The van der Waals surface area contributed by atoms with Gasteiger partial charge in [-0.1, -0.05) is 106 Å². The number of carbonyl (C=O) groups excluding carboxylic acids is 1. The highest BCUT2D eigenvalue weighted by atomic mass is 79.9. The maximum atomic E-state index is 13.7. The van der Waals surface area contributed by atoms with Crippen molar-refractivity contribution >= 4 is 39.4 Å². The number of urea groups is 1. The lowest BCUT2D eigenvalue weighted by atomic mass is 9.80. The molecule has 2 atom stereocenters. The Morgan fingerprint density at radius 2 is 1.47 bits per heavy atom. The van der Waals surface area contributed by atoms with Gasteiger partial charge in [0.15, 0.2) is 0 Å². The molecule has 180 valence electrons. The Hall–Kier alpha value is -3.69. The van der Waals surface area contributed by atoms with Crippen molar-refractivity contribution in [3.8, 4) is 0 Å². The van der Waals surface area contributed by atoms with Gasteiger partial charge < -0.3 is 0 Å². The van der Waals surface area contributed by atoms with Crippen LogP contribution in [0.1, 0.15) is 16.7 Å². The molecular weight excluding hydrogens is 538 g/mol. The Labute approximate surface area is 219 Å². The first-order valence-corrected chi connectivity index (χ1v) is 13.0. The van der Waals surface area contributed by atoms with E-state index in [0.717, 1.165) is 21.2 Å².